The minimum atomic E-state index is -3.15. The van der Waals surface area contributed by atoms with Crippen LogP contribution in [0.1, 0.15) is 29.5 Å². The van der Waals surface area contributed by atoms with Crippen molar-refractivity contribution in [3.05, 3.63) is 45.8 Å². The van der Waals surface area contributed by atoms with E-state index in [2.05, 4.69) is 0 Å². The number of nitrogens with zero attached hydrogens (tertiary/aromatic N) is 1. The molecule has 1 saturated heterocycles. The second-order valence-electron chi connectivity index (χ2n) is 7.03. The molecule has 1 aromatic heterocycles. The molecule has 2 heterocycles. The van der Waals surface area contributed by atoms with Gasteiger partial charge in [0, 0.05) is 19.2 Å². The molecule has 150 valence electrons. The van der Waals surface area contributed by atoms with E-state index in [1.807, 2.05) is 6.92 Å². The number of carbonyl (C=O) groups is 2. The molecule has 0 radical (unpaired) electrons. The molecule has 2 aromatic rings. The van der Waals surface area contributed by atoms with Crippen LogP contribution in [0.15, 0.2) is 33.5 Å². The molecule has 1 aliphatic heterocycles. The summed E-state index contributed by atoms with van der Waals surface area (Å²) in [6.07, 6.45) is -0.802. The number of aryl methyl sites for hydroxylation is 1. The van der Waals surface area contributed by atoms with Crippen molar-refractivity contribution in [2.45, 2.75) is 32.4 Å². The first-order valence-corrected chi connectivity index (χ1v) is 10.6. The Morgan fingerprint density at radius 2 is 2.00 bits per heavy atom. The van der Waals surface area contributed by atoms with Gasteiger partial charge in [-0.15, -0.1) is 0 Å². The third kappa shape index (κ3) is 4.09. The lowest BCUT2D eigenvalue weighted by Crippen LogP contribution is -2.44. The summed E-state index contributed by atoms with van der Waals surface area (Å²) in [6, 6.07) is 5.59. The van der Waals surface area contributed by atoms with Crippen LogP contribution in [0.2, 0.25) is 0 Å². The highest BCUT2D eigenvalue weighted by Gasteiger charge is 2.35. The van der Waals surface area contributed by atoms with Crippen LogP contribution in [0.4, 0.5) is 0 Å². The number of hydrogen-bond donors (Lipinski definition) is 0. The van der Waals surface area contributed by atoms with E-state index in [0.717, 1.165) is 11.6 Å². The zero-order valence-electron chi connectivity index (χ0n) is 15.8. The first kappa shape index (κ1) is 20.1. The zero-order chi connectivity index (χ0) is 20.6. The smallest absolute Gasteiger partial charge is 0.375 e. The number of benzene rings is 1. The number of amides is 1. The third-order valence-corrected chi connectivity index (χ3v) is 6.57. The summed E-state index contributed by atoms with van der Waals surface area (Å²) in [5.41, 5.74) is 0.743. The number of fused-ring (bicyclic) bond motifs is 1. The quantitative estimate of drug-likeness (QED) is 0.702. The Labute approximate surface area is 162 Å². The molecule has 3 rings (SSSR count). The number of esters is 1. The van der Waals surface area contributed by atoms with E-state index in [9.17, 15) is 22.8 Å². The Hall–Kier alpha value is -2.68. The minimum Gasteiger partial charge on any atom is -0.449 e. The maximum atomic E-state index is 12.5. The van der Waals surface area contributed by atoms with Crippen LogP contribution in [0.3, 0.4) is 0 Å². The molecule has 8 nitrogen and oxygen atoms in total. The first-order valence-electron chi connectivity index (χ1n) is 8.80. The van der Waals surface area contributed by atoms with Gasteiger partial charge in [0.2, 0.25) is 5.76 Å². The molecule has 1 amide bonds. The summed E-state index contributed by atoms with van der Waals surface area (Å²) in [5, 5.41) is 0.350. The lowest BCUT2D eigenvalue weighted by molar-refractivity contribution is -0.140. The molecule has 2 atom stereocenters. The Bertz CT molecular complexity index is 1100. The molecule has 0 N–H and O–H groups in total. The Morgan fingerprint density at radius 1 is 1.29 bits per heavy atom. The van der Waals surface area contributed by atoms with Crippen molar-refractivity contribution in [2.24, 2.45) is 0 Å². The maximum Gasteiger partial charge on any atom is 0.375 e. The SMILES string of the molecule is Cc1ccc2oc(C(=O)O[C@@H](C)C(=O)N(C)[C@@H]3CCS(=O)(=O)C3)cc(=O)c2c1. The molecular formula is C19H21NO7S. The van der Waals surface area contributed by atoms with Crippen LogP contribution in [0, 0.1) is 6.92 Å². The molecule has 0 unspecified atom stereocenters. The fourth-order valence-corrected chi connectivity index (χ4v) is 4.96. The van der Waals surface area contributed by atoms with Gasteiger partial charge in [0.15, 0.2) is 21.4 Å². The van der Waals surface area contributed by atoms with Crippen molar-refractivity contribution in [3.8, 4) is 0 Å². The topological polar surface area (TPSA) is 111 Å². The summed E-state index contributed by atoms with van der Waals surface area (Å²) >= 11 is 0. The van der Waals surface area contributed by atoms with Gasteiger partial charge in [-0.3, -0.25) is 9.59 Å². The normalized spacial score (nSPS) is 19.3. The number of carbonyl (C=O) groups excluding carboxylic acids is 2. The summed E-state index contributed by atoms with van der Waals surface area (Å²) < 4.78 is 33.8. The number of ether oxygens (including phenoxy) is 1. The lowest BCUT2D eigenvalue weighted by Gasteiger charge is -2.26. The monoisotopic (exact) mass is 407 g/mol. The highest BCUT2D eigenvalue weighted by molar-refractivity contribution is 7.91. The summed E-state index contributed by atoms with van der Waals surface area (Å²) in [4.78, 5) is 38.3. The van der Waals surface area contributed by atoms with Crippen molar-refractivity contribution < 1.29 is 27.2 Å². The van der Waals surface area contributed by atoms with Gasteiger partial charge in [-0.05, 0) is 32.4 Å². The summed E-state index contributed by atoms with van der Waals surface area (Å²) in [5.74, 6) is -1.82. The average molecular weight is 407 g/mol. The van der Waals surface area contributed by atoms with Crippen molar-refractivity contribution in [1.29, 1.82) is 0 Å². The van der Waals surface area contributed by atoms with Crippen LogP contribution >= 0.6 is 0 Å². The van der Waals surface area contributed by atoms with Gasteiger partial charge < -0.3 is 14.1 Å². The Kier molecular flexibility index (Phi) is 5.29. The van der Waals surface area contributed by atoms with Gasteiger partial charge in [0.25, 0.3) is 5.91 Å². The van der Waals surface area contributed by atoms with Gasteiger partial charge >= 0.3 is 5.97 Å². The van der Waals surface area contributed by atoms with E-state index in [1.165, 1.54) is 18.9 Å². The molecular weight excluding hydrogens is 386 g/mol. The molecule has 0 spiro atoms. The third-order valence-electron chi connectivity index (χ3n) is 4.82. The average Bonchev–Trinajstić information content (AvgIpc) is 3.00. The van der Waals surface area contributed by atoms with E-state index in [0.29, 0.717) is 11.8 Å². The van der Waals surface area contributed by atoms with E-state index in [-0.39, 0.29) is 28.3 Å². The van der Waals surface area contributed by atoms with Crippen LogP contribution in [-0.2, 0) is 19.4 Å². The van der Waals surface area contributed by atoms with Crippen LogP contribution in [0.25, 0.3) is 11.0 Å². The molecule has 1 aliphatic rings. The zero-order valence-corrected chi connectivity index (χ0v) is 16.6. The van der Waals surface area contributed by atoms with E-state index in [4.69, 9.17) is 9.15 Å². The summed E-state index contributed by atoms with van der Waals surface area (Å²) in [6.45, 7) is 3.23. The fraction of sp³-hybridized carbons (Fsp3) is 0.421. The van der Waals surface area contributed by atoms with E-state index < -0.39 is 33.9 Å². The number of hydrogen-bond acceptors (Lipinski definition) is 7. The first-order chi connectivity index (χ1) is 13.1. The lowest BCUT2D eigenvalue weighted by atomic mass is 10.1. The number of likely N-dealkylation sites (N-methyl/N-ethyl adjacent to an activating group) is 1. The van der Waals surface area contributed by atoms with Crippen molar-refractivity contribution >= 4 is 32.7 Å². The van der Waals surface area contributed by atoms with Gasteiger partial charge in [-0.2, -0.15) is 0 Å². The van der Waals surface area contributed by atoms with Gasteiger partial charge in [-0.25, -0.2) is 13.2 Å². The predicted octanol–water partition coefficient (Wildman–Crippen LogP) is 1.29. The maximum absolute atomic E-state index is 12.5. The van der Waals surface area contributed by atoms with Crippen molar-refractivity contribution in [1.82, 2.24) is 4.90 Å². The number of sulfone groups is 1. The molecule has 1 fully saturated rings. The highest BCUT2D eigenvalue weighted by atomic mass is 32.2. The van der Waals surface area contributed by atoms with Gasteiger partial charge in [0.05, 0.1) is 16.9 Å². The molecule has 1 aromatic carbocycles. The van der Waals surface area contributed by atoms with Crippen LogP contribution < -0.4 is 5.43 Å². The molecule has 0 saturated carbocycles. The number of rotatable bonds is 4. The molecule has 9 heteroatoms. The van der Waals surface area contributed by atoms with Gasteiger partial charge in [0.1, 0.15) is 5.58 Å². The molecule has 0 aliphatic carbocycles. The molecule has 28 heavy (non-hydrogen) atoms. The van der Waals surface area contributed by atoms with E-state index in [1.54, 1.807) is 18.2 Å². The van der Waals surface area contributed by atoms with Gasteiger partial charge in [-0.1, -0.05) is 11.6 Å². The Morgan fingerprint density at radius 3 is 2.64 bits per heavy atom. The largest absolute Gasteiger partial charge is 0.449 e. The predicted molar refractivity (Wildman–Crippen MR) is 102 cm³/mol. The Balaban J connectivity index is 1.73. The highest BCUT2D eigenvalue weighted by Crippen LogP contribution is 2.19. The van der Waals surface area contributed by atoms with Crippen molar-refractivity contribution in [2.75, 3.05) is 18.6 Å². The second-order valence-corrected chi connectivity index (χ2v) is 9.26. The second kappa shape index (κ2) is 7.38. The standard InChI is InChI=1S/C19H21NO7S/c1-11-4-5-16-14(8-11)15(21)9-17(27-16)19(23)26-12(2)18(22)20(3)13-6-7-28(24,25)10-13/h4-5,8-9,12-13H,6-7,10H2,1-3H3/t12-,13+/m0/s1. The summed E-state index contributed by atoms with van der Waals surface area (Å²) in [7, 11) is -1.66. The molecule has 0 bridgehead atoms. The van der Waals surface area contributed by atoms with Crippen LogP contribution in [-0.4, -0.2) is 55.9 Å². The van der Waals surface area contributed by atoms with E-state index >= 15 is 0 Å². The fourth-order valence-electron chi connectivity index (χ4n) is 3.19. The van der Waals surface area contributed by atoms with Crippen molar-refractivity contribution in [3.63, 3.8) is 0 Å². The van der Waals surface area contributed by atoms with Crippen LogP contribution in [0.5, 0.6) is 0 Å². The minimum absolute atomic E-state index is 0.0329.